The van der Waals surface area contributed by atoms with Crippen molar-refractivity contribution in [3.05, 3.63) is 0 Å². The molecule has 0 fully saturated rings. The van der Waals surface area contributed by atoms with E-state index in [1.165, 1.54) is 0 Å². The molecule has 0 aromatic carbocycles. The zero-order chi connectivity index (χ0) is 9.40. The molecule has 3 nitrogen and oxygen atoms in total. The third-order valence-corrected chi connectivity index (χ3v) is 1.83. The first-order valence-electron chi connectivity index (χ1n) is 4.74. The van der Waals surface area contributed by atoms with Crippen LogP contribution in [-0.2, 0) is 4.79 Å². The number of rotatable bonds is 6. The Balaban J connectivity index is 3.71. The molecule has 0 aromatic rings. The molecule has 0 aliphatic heterocycles. The molecule has 0 bridgehead atoms. The molecule has 0 aliphatic rings. The summed E-state index contributed by atoms with van der Waals surface area (Å²) in [5.74, 6) is 0.258. The van der Waals surface area contributed by atoms with Crippen molar-refractivity contribution in [3.8, 4) is 0 Å². The van der Waals surface area contributed by atoms with E-state index in [1.807, 2.05) is 18.7 Å². The monoisotopic (exact) mass is 172 g/mol. The van der Waals surface area contributed by atoms with Crippen molar-refractivity contribution in [2.75, 3.05) is 19.6 Å². The van der Waals surface area contributed by atoms with Crippen molar-refractivity contribution in [2.45, 2.75) is 33.1 Å². The largest absolute Gasteiger partial charge is 0.343 e. The zero-order valence-electron chi connectivity index (χ0n) is 8.18. The Morgan fingerprint density at radius 3 is 2.50 bits per heavy atom. The van der Waals surface area contributed by atoms with Crippen LogP contribution >= 0.6 is 0 Å². The molecule has 0 radical (unpaired) electrons. The molecule has 1 amide bonds. The topological polar surface area (TPSA) is 46.3 Å². The minimum Gasteiger partial charge on any atom is -0.343 e. The second-order valence-corrected chi connectivity index (χ2v) is 2.87. The van der Waals surface area contributed by atoms with Gasteiger partial charge in [0.05, 0.1) is 0 Å². The number of hydrogen-bond donors (Lipinski definition) is 1. The minimum absolute atomic E-state index is 0.258. The van der Waals surface area contributed by atoms with Crippen molar-refractivity contribution in [2.24, 2.45) is 5.73 Å². The summed E-state index contributed by atoms with van der Waals surface area (Å²) >= 11 is 0. The van der Waals surface area contributed by atoms with Gasteiger partial charge >= 0.3 is 0 Å². The Morgan fingerprint density at radius 2 is 2.08 bits per heavy atom. The lowest BCUT2D eigenvalue weighted by Gasteiger charge is -2.19. The van der Waals surface area contributed by atoms with E-state index < -0.39 is 0 Å². The first-order chi connectivity index (χ1) is 5.76. The van der Waals surface area contributed by atoms with Gasteiger partial charge in [0.15, 0.2) is 0 Å². The van der Waals surface area contributed by atoms with Gasteiger partial charge in [-0.2, -0.15) is 0 Å². The average Bonchev–Trinajstić information content (AvgIpc) is 2.06. The number of nitrogens with zero attached hydrogens (tertiary/aromatic N) is 1. The van der Waals surface area contributed by atoms with E-state index in [-0.39, 0.29) is 5.91 Å². The third-order valence-electron chi connectivity index (χ3n) is 1.83. The van der Waals surface area contributed by atoms with Crippen LogP contribution in [0.5, 0.6) is 0 Å². The normalized spacial score (nSPS) is 9.92. The second kappa shape index (κ2) is 7.10. The molecule has 2 N–H and O–H groups in total. The molecule has 0 spiro atoms. The fourth-order valence-electron chi connectivity index (χ4n) is 1.11. The van der Waals surface area contributed by atoms with E-state index in [0.29, 0.717) is 13.0 Å². The Kier molecular flexibility index (Phi) is 6.76. The number of hydrogen-bond acceptors (Lipinski definition) is 2. The lowest BCUT2D eigenvalue weighted by molar-refractivity contribution is -0.131. The van der Waals surface area contributed by atoms with Crippen molar-refractivity contribution in [1.82, 2.24) is 4.90 Å². The van der Waals surface area contributed by atoms with E-state index in [1.54, 1.807) is 0 Å². The molecule has 0 saturated carbocycles. The molecule has 0 saturated heterocycles. The van der Waals surface area contributed by atoms with E-state index in [0.717, 1.165) is 25.9 Å². The fourth-order valence-corrected chi connectivity index (χ4v) is 1.11. The van der Waals surface area contributed by atoms with E-state index in [9.17, 15) is 4.79 Å². The van der Waals surface area contributed by atoms with Crippen molar-refractivity contribution >= 4 is 5.91 Å². The summed E-state index contributed by atoms with van der Waals surface area (Å²) in [5, 5.41) is 0. The highest BCUT2D eigenvalue weighted by molar-refractivity contribution is 5.75. The Hall–Kier alpha value is -0.570. The van der Waals surface area contributed by atoms with Crippen LogP contribution in [0.25, 0.3) is 0 Å². The van der Waals surface area contributed by atoms with Gasteiger partial charge in [-0.1, -0.05) is 6.92 Å². The van der Waals surface area contributed by atoms with Crippen LogP contribution < -0.4 is 5.73 Å². The van der Waals surface area contributed by atoms with Crippen LogP contribution in [-0.4, -0.2) is 30.4 Å². The summed E-state index contributed by atoms with van der Waals surface area (Å²) < 4.78 is 0. The minimum atomic E-state index is 0.258. The van der Waals surface area contributed by atoms with Crippen LogP contribution in [0.2, 0.25) is 0 Å². The van der Waals surface area contributed by atoms with Gasteiger partial charge < -0.3 is 10.6 Å². The van der Waals surface area contributed by atoms with Gasteiger partial charge in [0.2, 0.25) is 5.91 Å². The molecular formula is C9H20N2O. The summed E-state index contributed by atoms with van der Waals surface area (Å²) in [6, 6.07) is 0. The lowest BCUT2D eigenvalue weighted by Crippen LogP contribution is -2.32. The van der Waals surface area contributed by atoms with Crippen LogP contribution in [0.1, 0.15) is 33.1 Å². The highest BCUT2D eigenvalue weighted by Gasteiger charge is 2.08. The highest BCUT2D eigenvalue weighted by Crippen LogP contribution is 1.98. The Morgan fingerprint density at radius 1 is 1.42 bits per heavy atom. The summed E-state index contributed by atoms with van der Waals surface area (Å²) in [6.45, 7) is 6.30. The van der Waals surface area contributed by atoms with E-state index >= 15 is 0 Å². The van der Waals surface area contributed by atoms with Gasteiger partial charge in [-0.3, -0.25) is 4.79 Å². The highest BCUT2D eigenvalue weighted by atomic mass is 16.2. The van der Waals surface area contributed by atoms with E-state index in [4.69, 9.17) is 5.73 Å². The molecule has 0 unspecified atom stereocenters. The third kappa shape index (κ3) is 4.34. The van der Waals surface area contributed by atoms with Crippen LogP contribution in [0, 0.1) is 0 Å². The number of carbonyl (C=O) groups excluding carboxylic acids is 1. The quantitative estimate of drug-likeness (QED) is 0.649. The number of carbonyl (C=O) groups is 1. The maximum atomic E-state index is 11.4. The van der Waals surface area contributed by atoms with Crippen LogP contribution in [0.4, 0.5) is 0 Å². The van der Waals surface area contributed by atoms with Crippen molar-refractivity contribution in [3.63, 3.8) is 0 Å². The molecule has 12 heavy (non-hydrogen) atoms. The smallest absolute Gasteiger partial charge is 0.222 e. The van der Waals surface area contributed by atoms with Crippen LogP contribution in [0.3, 0.4) is 0 Å². The predicted molar refractivity (Wildman–Crippen MR) is 50.8 cm³/mol. The van der Waals surface area contributed by atoms with Gasteiger partial charge in [-0.15, -0.1) is 0 Å². The lowest BCUT2D eigenvalue weighted by atomic mass is 10.3. The molecule has 0 atom stereocenters. The first kappa shape index (κ1) is 11.4. The zero-order valence-corrected chi connectivity index (χ0v) is 8.18. The molecule has 3 heteroatoms. The molecule has 0 aromatic heterocycles. The summed E-state index contributed by atoms with van der Waals surface area (Å²) in [4.78, 5) is 13.2. The average molecular weight is 172 g/mol. The van der Waals surface area contributed by atoms with Gasteiger partial charge in [-0.25, -0.2) is 0 Å². The molecule has 72 valence electrons. The number of nitrogens with two attached hydrogens (primary N) is 1. The predicted octanol–water partition coefficient (Wildman–Crippen LogP) is 0.984. The molecule has 0 aliphatic carbocycles. The second-order valence-electron chi connectivity index (χ2n) is 2.87. The Bertz CT molecular complexity index is 126. The molecule has 0 rings (SSSR count). The fraction of sp³-hybridized carbons (Fsp3) is 0.889. The SMILES string of the molecule is CCCC(=O)N(CC)CCCN. The maximum absolute atomic E-state index is 11.4. The maximum Gasteiger partial charge on any atom is 0.222 e. The van der Waals surface area contributed by atoms with Crippen LogP contribution in [0.15, 0.2) is 0 Å². The molecular weight excluding hydrogens is 152 g/mol. The van der Waals surface area contributed by atoms with Crippen molar-refractivity contribution in [1.29, 1.82) is 0 Å². The van der Waals surface area contributed by atoms with E-state index in [2.05, 4.69) is 0 Å². The molecule has 0 heterocycles. The summed E-state index contributed by atoms with van der Waals surface area (Å²) in [5.41, 5.74) is 5.37. The number of amides is 1. The standard InChI is InChI=1S/C9H20N2O/c1-3-6-9(12)11(4-2)8-5-7-10/h3-8,10H2,1-2H3. The van der Waals surface area contributed by atoms with Gasteiger partial charge in [-0.05, 0) is 26.3 Å². The van der Waals surface area contributed by atoms with Gasteiger partial charge in [0, 0.05) is 19.5 Å². The van der Waals surface area contributed by atoms with Crippen molar-refractivity contribution < 1.29 is 4.79 Å². The summed E-state index contributed by atoms with van der Waals surface area (Å²) in [7, 11) is 0. The summed E-state index contributed by atoms with van der Waals surface area (Å²) in [6.07, 6.45) is 2.50. The Labute approximate surface area is 74.9 Å². The van der Waals surface area contributed by atoms with Gasteiger partial charge in [0.25, 0.3) is 0 Å². The first-order valence-corrected chi connectivity index (χ1v) is 4.74. The van der Waals surface area contributed by atoms with Gasteiger partial charge in [0.1, 0.15) is 0 Å².